The number of hydrogen-bond donors (Lipinski definition) is 1. The largest absolute Gasteiger partial charge is 0.497 e. The highest BCUT2D eigenvalue weighted by Crippen LogP contribution is 2.43. The second-order valence-corrected chi connectivity index (χ2v) is 10.5. The van der Waals surface area contributed by atoms with Crippen molar-refractivity contribution in [3.63, 3.8) is 0 Å². The average Bonchev–Trinajstić information content (AvgIpc) is 3.40. The van der Waals surface area contributed by atoms with E-state index in [0.717, 1.165) is 34.6 Å². The number of piperidine rings is 1. The Morgan fingerprint density at radius 1 is 1.16 bits per heavy atom. The molecule has 0 radical (unpaired) electrons. The van der Waals surface area contributed by atoms with Gasteiger partial charge in [0.2, 0.25) is 0 Å². The third-order valence-electron chi connectivity index (χ3n) is 6.29. The molecular formula is C25H30N2O2S2. The molecule has 4 nitrogen and oxygen atoms in total. The molecule has 1 aliphatic rings. The Balaban J connectivity index is 1.75. The first-order chi connectivity index (χ1) is 15.0. The quantitative estimate of drug-likeness (QED) is 0.462. The number of benzene rings is 1. The maximum atomic E-state index is 12.9. The molecule has 1 fully saturated rings. The van der Waals surface area contributed by atoms with E-state index in [2.05, 4.69) is 43.1 Å². The summed E-state index contributed by atoms with van der Waals surface area (Å²) in [5, 5.41) is 6.14. The number of amides is 1. The zero-order valence-electron chi connectivity index (χ0n) is 18.6. The molecule has 3 heterocycles. The Hall–Kier alpha value is -2.15. The van der Waals surface area contributed by atoms with Crippen molar-refractivity contribution >= 4 is 33.6 Å². The molecule has 4 rings (SSSR count). The van der Waals surface area contributed by atoms with Gasteiger partial charge in [-0.2, -0.15) is 0 Å². The molecule has 0 unspecified atom stereocenters. The molecule has 1 aliphatic heterocycles. The molecule has 0 spiro atoms. The molecule has 6 heteroatoms. The molecule has 164 valence electrons. The standard InChI is InChI=1S/C25H30N2O2S2/c1-16-11-13-27(14-12-16)23(19-7-9-20(29-4)10-8-19)22-17(2)18(3)31-25(22)26-24(28)21-6-5-15-30-21/h5-10,15-16,23H,11-14H2,1-4H3,(H,26,28)/t23-/m0/s1. The topological polar surface area (TPSA) is 41.6 Å². The fourth-order valence-electron chi connectivity index (χ4n) is 4.27. The van der Waals surface area contributed by atoms with Gasteiger partial charge in [0, 0.05) is 10.4 Å². The van der Waals surface area contributed by atoms with Gasteiger partial charge in [0.05, 0.1) is 18.0 Å². The van der Waals surface area contributed by atoms with Crippen molar-refractivity contribution in [2.45, 2.75) is 39.7 Å². The number of anilines is 1. The fourth-order valence-corrected chi connectivity index (χ4v) is 5.98. The van der Waals surface area contributed by atoms with Gasteiger partial charge in [-0.1, -0.05) is 25.1 Å². The van der Waals surface area contributed by atoms with E-state index in [0.29, 0.717) is 0 Å². The minimum absolute atomic E-state index is 0.0294. The van der Waals surface area contributed by atoms with Crippen LogP contribution in [0.25, 0.3) is 0 Å². The summed E-state index contributed by atoms with van der Waals surface area (Å²) in [6.07, 6.45) is 2.40. The van der Waals surface area contributed by atoms with Crippen LogP contribution in [0.2, 0.25) is 0 Å². The number of nitrogens with one attached hydrogen (secondary N) is 1. The van der Waals surface area contributed by atoms with Crippen molar-refractivity contribution in [1.29, 1.82) is 0 Å². The SMILES string of the molecule is COc1ccc([C@@H](c2c(NC(=O)c3cccs3)sc(C)c2C)N2CCC(C)CC2)cc1. The molecule has 0 bridgehead atoms. The van der Waals surface area contributed by atoms with Crippen molar-refractivity contribution < 1.29 is 9.53 Å². The van der Waals surface area contributed by atoms with Crippen molar-refractivity contribution in [2.75, 3.05) is 25.5 Å². The summed E-state index contributed by atoms with van der Waals surface area (Å²) in [6, 6.07) is 12.3. The van der Waals surface area contributed by atoms with E-state index in [1.807, 2.05) is 29.6 Å². The number of nitrogens with zero attached hydrogens (tertiary/aromatic N) is 1. The summed E-state index contributed by atoms with van der Waals surface area (Å²) in [5.74, 6) is 1.59. The van der Waals surface area contributed by atoms with Gasteiger partial charge in [-0.05, 0) is 80.4 Å². The van der Waals surface area contributed by atoms with Gasteiger partial charge in [0.25, 0.3) is 5.91 Å². The molecule has 1 saturated heterocycles. The van der Waals surface area contributed by atoms with Crippen LogP contribution in [0.4, 0.5) is 5.00 Å². The average molecular weight is 455 g/mol. The van der Waals surface area contributed by atoms with Gasteiger partial charge in [-0.25, -0.2) is 0 Å². The maximum absolute atomic E-state index is 12.9. The van der Waals surface area contributed by atoms with Crippen LogP contribution in [0, 0.1) is 19.8 Å². The minimum Gasteiger partial charge on any atom is -0.497 e. The van der Waals surface area contributed by atoms with Crippen molar-refractivity contribution in [2.24, 2.45) is 5.92 Å². The number of aryl methyl sites for hydroxylation is 1. The van der Waals surface area contributed by atoms with Crippen LogP contribution in [0.15, 0.2) is 41.8 Å². The lowest BCUT2D eigenvalue weighted by Crippen LogP contribution is -2.37. The molecule has 0 aliphatic carbocycles. The van der Waals surface area contributed by atoms with Crippen LogP contribution in [0.1, 0.15) is 57.0 Å². The van der Waals surface area contributed by atoms with Gasteiger partial charge in [-0.3, -0.25) is 9.69 Å². The molecular weight excluding hydrogens is 424 g/mol. The van der Waals surface area contributed by atoms with E-state index in [1.165, 1.54) is 45.7 Å². The van der Waals surface area contributed by atoms with Crippen molar-refractivity contribution in [1.82, 2.24) is 4.90 Å². The van der Waals surface area contributed by atoms with E-state index in [-0.39, 0.29) is 11.9 Å². The highest BCUT2D eigenvalue weighted by molar-refractivity contribution is 7.17. The Morgan fingerprint density at radius 2 is 1.87 bits per heavy atom. The third kappa shape index (κ3) is 4.71. The number of thiophene rings is 2. The number of likely N-dealkylation sites (tertiary alicyclic amines) is 1. The third-order valence-corrected chi connectivity index (χ3v) is 8.30. The summed E-state index contributed by atoms with van der Waals surface area (Å²) in [4.78, 5) is 17.5. The number of hydrogen-bond acceptors (Lipinski definition) is 5. The lowest BCUT2D eigenvalue weighted by Gasteiger charge is -2.38. The second-order valence-electron chi connectivity index (χ2n) is 8.35. The van der Waals surface area contributed by atoms with Gasteiger partial charge in [-0.15, -0.1) is 22.7 Å². The highest BCUT2D eigenvalue weighted by Gasteiger charge is 2.31. The van der Waals surface area contributed by atoms with E-state index < -0.39 is 0 Å². The number of methoxy groups -OCH3 is 1. The Kier molecular flexibility index (Phi) is 6.80. The Bertz CT molecular complexity index is 1020. The summed E-state index contributed by atoms with van der Waals surface area (Å²) >= 11 is 3.16. The first-order valence-electron chi connectivity index (χ1n) is 10.8. The summed E-state index contributed by atoms with van der Waals surface area (Å²) < 4.78 is 5.39. The van der Waals surface area contributed by atoms with Gasteiger partial charge in [0.1, 0.15) is 10.8 Å². The van der Waals surface area contributed by atoms with Gasteiger partial charge >= 0.3 is 0 Å². The Morgan fingerprint density at radius 3 is 2.48 bits per heavy atom. The fraction of sp³-hybridized carbons (Fsp3) is 0.400. The number of rotatable bonds is 6. The molecule has 1 atom stereocenters. The van der Waals surface area contributed by atoms with E-state index in [9.17, 15) is 4.79 Å². The molecule has 1 N–H and O–H groups in total. The summed E-state index contributed by atoms with van der Waals surface area (Å²) in [5.41, 5.74) is 3.74. The molecule has 1 amide bonds. The number of carbonyl (C=O) groups excluding carboxylic acids is 1. The lowest BCUT2D eigenvalue weighted by molar-refractivity contribution is 0.103. The van der Waals surface area contributed by atoms with Crippen LogP contribution in [0.5, 0.6) is 5.75 Å². The second kappa shape index (κ2) is 9.55. The summed E-state index contributed by atoms with van der Waals surface area (Å²) in [6.45, 7) is 8.79. The van der Waals surface area contributed by atoms with Gasteiger partial charge in [0.15, 0.2) is 0 Å². The maximum Gasteiger partial charge on any atom is 0.266 e. The molecule has 3 aromatic rings. The molecule has 0 saturated carbocycles. The first-order valence-corrected chi connectivity index (χ1v) is 12.5. The zero-order valence-corrected chi connectivity index (χ0v) is 20.2. The first kappa shape index (κ1) is 22.1. The zero-order chi connectivity index (χ0) is 22.0. The minimum atomic E-state index is -0.0294. The van der Waals surface area contributed by atoms with Crippen LogP contribution < -0.4 is 10.1 Å². The Labute approximate surface area is 192 Å². The monoisotopic (exact) mass is 454 g/mol. The number of ether oxygens (including phenoxy) is 1. The predicted molar refractivity (Wildman–Crippen MR) is 131 cm³/mol. The number of carbonyl (C=O) groups is 1. The molecule has 1 aromatic carbocycles. The van der Waals surface area contributed by atoms with Crippen LogP contribution in [-0.2, 0) is 0 Å². The molecule has 2 aromatic heterocycles. The van der Waals surface area contributed by atoms with Gasteiger partial charge < -0.3 is 10.1 Å². The molecule has 31 heavy (non-hydrogen) atoms. The lowest BCUT2D eigenvalue weighted by atomic mass is 9.91. The normalized spacial score (nSPS) is 16.3. The predicted octanol–water partition coefficient (Wildman–Crippen LogP) is 6.51. The van der Waals surface area contributed by atoms with Crippen LogP contribution >= 0.6 is 22.7 Å². The summed E-state index contributed by atoms with van der Waals surface area (Å²) in [7, 11) is 1.70. The van der Waals surface area contributed by atoms with Crippen LogP contribution in [0.3, 0.4) is 0 Å². The highest BCUT2D eigenvalue weighted by atomic mass is 32.1. The van der Waals surface area contributed by atoms with Crippen LogP contribution in [-0.4, -0.2) is 31.0 Å². The van der Waals surface area contributed by atoms with E-state index >= 15 is 0 Å². The van der Waals surface area contributed by atoms with Crippen molar-refractivity contribution in [3.8, 4) is 5.75 Å². The smallest absolute Gasteiger partial charge is 0.266 e. The van der Waals surface area contributed by atoms with Crippen molar-refractivity contribution in [3.05, 3.63) is 68.2 Å². The van der Waals surface area contributed by atoms with E-state index in [4.69, 9.17) is 4.74 Å². The van der Waals surface area contributed by atoms with E-state index in [1.54, 1.807) is 18.4 Å².